The maximum Gasteiger partial charge on any atom is 0.243 e. The van der Waals surface area contributed by atoms with E-state index in [0.29, 0.717) is 44.3 Å². The van der Waals surface area contributed by atoms with Crippen LogP contribution in [0.1, 0.15) is 17.4 Å². The molecule has 37 heavy (non-hydrogen) atoms. The average molecular weight is 543 g/mol. The van der Waals surface area contributed by atoms with Crippen molar-refractivity contribution in [3.63, 3.8) is 0 Å². The zero-order valence-electron chi connectivity index (χ0n) is 21.8. The average Bonchev–Trinajstić information content (AvgIpc) is 3.31. The smallest absolute Gasteiger partial charge is 0.243 e. The molecule has 0 unspecified atom stereocenters. The van der Waals surface area contributed by atoms with E-state index in [2.05, 4.69) is 30.0 Å². The van der Waals surface area contributed by atoms with Crippen LogP contribution in [0.3, 0.4) is 0 Å². The number of hydrogen-bond donors (Lipinski definition) is 0. The van der Waals surface area contributed by atoms with Crippen LogP contribution in [-0.2, 0) is 26.2 Å². The molecule has 0 saturated carbocycles. The minimum Gasteiger partial charge on any atom is -0.379 e. The predicted octanol–water partition coefficient (Wildman–Crippen LogP) is 4.15. The van der Waals surface area contributed by atoms with E-state index in [1.807, 2.05) is 24.3 Å². The van der Waals surface area contributed by atoms with E-state index in [4.69, 9.17) is 9.47 Å². The summed E-state index contributed by atoms with van der Waals surface area (Å²) in [4.78, 5) is 12.7. The number of aromatic nitrogens is 3. The second kappa shape index (κ2) is 11.4. The van der Waals surface area contributed by atoms with Crippen LogP contribution in [0.4, 0.5) is 0 Å². The normalized spacial score (nSPS) is 15.1. The Morgan fingerprint density at radius 2 is 1.54 bits per heavy atom. The lowest BCUT2D eigenvalue weighted by Crippen LogP contribution is -2.40. The number of benzene rings is 2. The molecule has 1 saturated heterocycles. The Morgan fingerprint density at radius 1 is 0.973 bits per heavy atom. The second-order valence-corrected chi connectivity index (χ2v) is 17.9. The summed E-state index contributed by atoms with van der Waals surface area (Å²) in [6, 6.07) is 15.5. The van der Waals surface area contributed by atoms with E-state index in [1.165, 1.54) is 15.9 Å². The molecule has 2 aromatic carbocycles. The van der Waals surface area contributed by atoms with Crippen LogP contribution in [0.5, 0.6) is 0 Å². The summed E-state index contributed by atoms with van der Waals surface area (Å²) in [5.74, 6) is -0.130. The van der Waals surface area contributed by atoms with E-state index in [1.54, 1.807) is 24.3 Å². The van der Waals surface area contributed by atoms with Crippen LogP contribution in [0, 0.1) is 0 Å². The molecule has 1 fully saturated rings. The van der Waals surface area contributed by atoms with Crippen molar-refractivity contribution in [3.8, 4) is 22.4 Å². The molecule has 0 N–H and O–H groups in total. The lowest BCUT2D eigenvalue weighted by atomic mass is 10.0. The van der Waals surface area contributed by atoms with E-state index < -0.39 is 18.1 Å². The van der Waals surface area contributed by atoms with Gasteiger partial charge in [-0.05, 0) is 29.3 Å². The Hall–Kier alpha value is -2.70. The van der Waals surface area contributed by atoms with Crippen LogP contribution in [0.15, 0.2) is 53.4 Å². The van der Waals surface area contributed by atoms with Crippen LogP contribution < -0.4 is 0 Å². The minimum atomic E-state index is -3.53. The van der Waals surface area contributed by atoms with Crippen molar-refractivity contribution in [1.29, 1.82) is 0 Å². The highest BCUT2D eigenvalue weighted by molar-refractivity contribution is 7.89. The fourth-order valence-corrected chi connectivity index (χ4v) is 6.22. The van der Waals surface area contributed by atoms with Crippen molar-refractivity contribution in [1.82, 2.24) is 19.3 Å². The van der Waals surface area contributed by atoms with E-state index >= 15 is 0 Å². The molecule has 11 heteroatoms. The largest absolute Gasteiger partial charge is 0.379 e. The quantitative estimate of drug-likeness (QED) is 0.215. The molecular weight excluding hydrogens is 508 g/mol. The fourth-order valence-electron chi connectivity index (χ4n) is 4.05. The van der Waals surface area contributed by atoms with Gasteiger partial charge < -0.3 is 9.47 Å². The van der Waals surface area contributed by atoms with E-state index in [0.717, 1.165) is 22.7 Å². The molecule has 3 aromatic rings. The third-order valence-corrected chi connectivity index (χ3v) is 9.85. The zero-order chi connectivity index (χ0) is 26.6. The van der Waals surface area contributed by atoms with Crippen molar-refractivity contribution in [2.24, 2.45) is 0 Å². The van der Waals surface area contributed by atoms with Gasteiger partial charge >= 0.3 is 0 Å². The van der Waals surface area contributed by atoms with Crippen molar-refractivity contribution in [3.05, 3.63) is 54.2 Å². The maximum absolute atomic E-state index is 12.9. The first-order valence-corrected chi connectivity index (χ1v) is 17.5. The van der Waals surface area contributed by atoms with E-state index in [-0.39, 0.29) is 17.4 Å². The number of ether oxygens (including phenoxy) is 2. The monoisotopic (exact) mass is 542 g/mol. The Balaban J connectivity index is 1.49. The topological polar surface area (TPSA) is 104 Å². The van der Waals surface area contributed by atoms with Gasteiger partial charge in [0.1, 0.15) is 18.1 Å². The van der Waals surface area contributed by atoms with Crippen molar-refractivity contribution < 1.29 is 22.7 Å². The maximum atomic E-state index is 12.9. The third kappa shape index (κ3) is 6.60. The summed E-state index contributed by atoms with van der Waals surface area (Å²) in [7, 11) is -4.74. The van der Waals surface area contributed by atoms with Gasteiger partial charge in [0.25, 0.3) is 0 Å². The first-order chi connectivity index (χ1) is 17.6. The molecule has 1 aromatic heterocycles. The van der Waals surface area contributed by atoms with Gasteiger partial charge in [-0.25, -0.2) is 13.1 Å². The van der Waals surface area contributed by atoms with Gasteiger partial charge in [0.2, 0.25) is 10.0 Å². The molecule has 0 atom stereocenters. The molecular formula is C26H34N4O5SSi. The van der Waals surface area contributed by atoms with Crippen LogP contribution in [0.2, 0.25) is 25.7 Å². The number of rotatable bonds is 10. The van der Waals surface area contributed by atoms with Gasteiger partial charge in [-0.3, -0.25) is 4.79 Å². The third-order valence-electron chi connectivity index (χ3n) is 6.23. The van der Waals surface area contributed by atoms with Gasteiger partial charge in [-0.2, -0.15) is 4.31 Å². The highest BCUT2D eigenvalue weighted by atomic mass is 32.2. The zero-order valence-corrected chi connectivity index (χ0v) is 23.6. The number of carbonyl (C=O) groups excluding carboxylic acids is 1. The Labute approximate surface area is 219 Å². The Kier molecular flexibility index (Phi) is 8.39. The van der Waals surface area contributed by atoms with Crippen LogP contribution >= 0.6 is 0 Å². The molecule has 0 spiro atoms. The second-order valence-electron chi connectivity index (χ2n) is 10.3. The lowest BCUT2D eigenvalue weighted by molar-refractivity contribution is 0.0724. The number of carbonyl (C=O) groups is 1. The summed E-state index contributed by atoms with van der Waals surface area (Å²) in [6.45, 7) is 10.7. The van der Waals surface area contributed by atoms with Gasteiger partial charge in [-0.1, -0.05) is 61.3 Å². The number of morpholine rings is 1. The first kappa shape index (κ1) is 27.3. The summed E-state index contributed by atoms with van der Waals surface area (Å²) in [5.41, 5.74) is 3.51. The summed E-state index contributed by atoms with van der Waals surface area (Å²) < 4.78 is 39.8. The van der Waals surface area contributed by atoms with Gasteiger partial charge in [0.15, 0.2) is 5.78 Å². The molecule has 9 nitrogen and oxygen atoms in total. The summed E-state index contributed by atoms with van der Waals surface area (Å²) in [5, 5.41) is 8.42. The number of hydrogen-bond acceptors (Lipinski definition) is 7. The Morgan fingerprint density at radius 3 is 2.11 bits per heavy atom. The Bertz CT molecular complexity index is 1330. The molecule has 0 amide bonds. The molecule has 1 aliphatic rings. The van der Waals surface area contributed by atoms with Crippen molar-refractivity contribution in [2.75, 3.05) is 32.9 Å². The summed E-state index contributed by atoms with van der Waals surface area (Å²) in [6.07, 6.45) is 0. The van der Waals surface area contributed by atoms with Gasteiger partial charge in [0, 0.05) is 40.3 Å². The highest BCUT2D eigenvalue weighted by Crippen LogP contribution is 2.28. The van der Waals surface area contributed by atoms with Crippen LogP contribution in [0.25, 0.3) is 22.4 Å². The van der Waals surface area contributed by atoms with Gasteiger partial charge in [-0.15, -0.1) is 5.10 Å². The van der Waals surface area contributed by atoms with Crippen LogP contribution in [-0.4, -0.2) is 74.5 Å². The SMILES string of the molecule is CC(=O)c1c(-c2ccc(-c3ccc(S(=O)(=O)N4CCOCC4)cc3)cc2)nnn1COCC[Si](C)(C)C. The highest BCUT2D eigenvalue weighted by Gasteiger charge is 2.26. The molecule has 2 heterocycles. The number of nitrogens with zero attached hydrogens (tertiary/aromatic N) is 4. The molecule has 0 radical (unpaired) electrons. The predicted molar refractivity (Wildman–Crippen MR) is 145 cm³/mol. The van der Waals surface area contributed by atoms with Gasteiger partial charge in [0.05, 0.1) is 18.1 Å². The lowest BCUT2D eigenvalue weighted by Gasteiger charge is -2.26. The molecule has 0 bridgehead atoms. The fraction of sp³-hybridized carbons (Fsp3) is 0.423. The first-order valence-electron chi connectivity index (χ1n) is 12.4. The number of ketones is 1. The molecule has 0 aliphatic carbocycles. The number of sulfonamides is 1. The van der Waals surface area contributed by atoms with Crippen molar-refractivity contribution in [2.45, 2.75) is 44.2 Å². The summed E-state index contributed by atoms with van der Waals surface area (Å²) >= 11 is 0. The molecule has 4 rings (SSSR count). The minimum absolute atomic E-state index is 0.130. The van der Waals surface area contributed by atoms with E-state index in [9.17, 15) is 13.2 Å². The van der Waals surface area contributed by atoms with Crippen molar-refractivity contribution >= 4 is 23.9 Å². The molecule has 1 aliphatic heterocycles. The number of Topliss-reactive ketones (excluding diaryl/α,β-unsaturated/α-hetero) is 1. The molecule has 198 valence electrons. The standard InChI is InChI=1S/C26H34N4O5SSi/c1-20(31)26-25(27-28-30(26)19-35-17-18-37(2,3)4)23-7-5-21(6-8-23)22-9-11-24(12-10-22)36(32,33)29-13-15-34-16-14-29/h5-12H,13-19H2,1-4H3.